The van der Waals surface area contributed by atoms with Crippen LogP contribution in [0, 0.1) is 6.92 Å². The summed E-state index contributed by atoms with van der Waals surface area (Å²) in [5.74, 6) is 0. The van der Waals surface area contributed by atoms with Gasteiger partial charge >= 0.3 is 0 Å². The minimum Gasteiger partial charge on any atom is -0.383 e. The molecular weight excluding hydrogens is 166 g/mol. The normalized spacial score (nSPS) is 13.2. The van der Waals surface area contributed by atoms with Gasteiger partial charge in [-0.15, -0.1) is 0 Å². The van der Waals surface area contributed by atoms with Gasteiger partial charge in [0.15, 0.2) is 0 Å². The monoisotopic (exact) mass is 183 g/mol. The first-order chi connectivity index (χ1) is 6.20. The van der Waals surface area contributed by atoms with Crippen LogP contribution < -0.4 is 5.32 Å². The lowest BCUT2D eigenvalue weighted by atomic mass is 10.1. The zero-order chi connectivity index (χ0) is 9.84. The van der Waals surface area contributed by atoms with Crippen molar-refractivity contribution < 1.29 is 4.74 Å². The van der Waals surface area contributed by atoms with Crippen molar-refractivity contribution >= 4 is 0 Å². The highest BCUT2D eigenvalue weighted by atomic mass is 16.5. The number of nitrogens with zero attached hydrogens (tertiary/aromatic N) is 2. The zero-order valence-electron chi connectivity index (χ0n) is 8.66. The number of nitrogens with one attached hydrogen (secondary N) is 1. The van der Waals surface area contributed by atoms with Crippen molar-refractivity contribution in [2.24, 2.45) is 7.05 Å². The minimum atomic E-state index is 0.235. The summed E-state index contributed by atoms with van der Waals surface area (Å²) in [5.41, 5.74) is 2.38. The molecule has 1 unspecified atom stereocenters. The number of hydrogen-bond donors (Lipinski definition) is 1. The molecule has 4 heteroatoms. The number of aryl methyl sites for hydroxylation is 1. The second kappa shape index (κ2) is 4.39. The second-order valence-corrected chi connectivity index (χ2v) is 3.11. The van der Waals surface area contributed by atoms with Crippen molar-refractivity contribution in [3.8, 4) is 0 Å². The molecule has 4 nitrogen and oxygen atoms in total. The third-order valence-corrected chi connectivity index (χ3v) is 2.33. The third kappa shape index (κ3) is 2.08. The van der Waals surface area contributed by atoms with Crippen LogP contribution in [0.5, 0.6) is 0 Å². The maximum absolute atomic E-state index is 5.11. The molecule has 0 spiro atoms. The molecule has 0 radical (unpaired) electrons. The van der Waals surface area contributed by atoms with Gasteiger partial charge in [-0.05, 0) is 14.0 Å². The first-order valence-corrected chi connectivity index (χ1v) is 4.35. The molecule has 0 aromatic carbocycles. The van der Waals surface area contributed by atoms with Gasteiger partial charge in [-0.2, -0.15) is 5.10 Å². The molecule has 1 N–H and O–H groups in total. The molecule has 0 bridgehead atoms. The van der Waals surface area contributed by atoms with Crippen molar-refractivity contribution in [3.63, 3.8) is 0 Å². The highest BCUT2D eigenvalue weighted by molar-refractivity contribution is 5.20. The molecule has 74 valence electrons. The van der Waals surface area contributed by atoms with Gasteiger partial charge in [0.1, 0.15) is 0 Å². The fourth-order valence-corrected chi connectivity index (χ4v) is 1.35. The summed E-state index contributed by atoms with van der Waals surface area (Å²) in [6.45, 7) is 2.73. The number of likely N-dealkylation sites (N-methyl/N-ethyl adjacent to an activating group) is 1. The van der Waals surface area contributed by atoms with Gasteiger partial charge in [0.05, 0.1) is 18.8 Å². The van der Waals surface area contributed by atoms with Crippen molar-refractivity contribution in [1.29, 1.82) is 0 Å². The fourth-order valence-electron chi connectivity index (χ4n) is 1.35. The van der Waals surface area contributed by atoms with E-state index in [-0.39, 0.29) is 6.04 Å². The number of methoxy groups -OCH3 is 1. The minimum absolute atomic E-state index is 0.235. The van der Waals surface area contributed by atoms with Crippen molar-refractivity contribution in [3.05, 3.63) is 17.5 Å². The van der Waals surface area contributed by atoms with E-state index in [2.05, 4.69) is 17.3 Å². The summed E-state index contributed by atoms with van der Waals surface area (Å²) < 4.78 is 6.98. The summed E-state index contributed by atoms with van der Waals surface area (Å²) >= 11 is 0. The summed E-state index contributed by atoms with van der Waals surface area (Å²) in [6, 6.07) is 0.235. The maximum Gasteiger partial charge on any atom is 0.0658 e. The summed E-state index contributed by atoms with van der Waals surface area (Å²) in [6.07, 6.45) is 1.88. The van der Waals surface area contributed by atoms with Crippen LogP contribution in [0.15, 0.2) is 6.20 Å². The van der Waals surface area contributed by atoms with Crippen molar-refractivity contribution in [1.82, 2.24) is 15.1 Å². The first-order valence-electron chi connectivity index (χ1n) is 4.35. The Hall–Kier alpha value is -0.870. The van der Waals surface area contributed by atoms with Crippen LogP contribution in [-0.4, -0.2) is 30.5 Å². The average molecular weight is 183 g/mol. The van der Waals surface area contributed by atoms with Crippen LogP contribution in [-0.2, 0) is 11.8 Å². The Morgan fingerprint density at radius 1 is 1.69 bits per heavy atom. The largest absolute Gasteiger partial charge is 0.383 e. The molecule has 1 atom stereocenters. The molecule has 0 aliphatic rings. The number of hydrogen-bond acceptors (Lipinski definition) is 3. The van der Waals surface area contributed by atoms with Crippen LogP contribution in [0.1, 0.15) is 17.3 Å². The molecule has 0 amide bonds. The van der Waals surface area contributed by atoms with E-state index in [0.29, 0.717) is 6.61 Å². The van der Waals surface area contributed by atoms with Crippen LogP contribution in [0.25, 0.3) is 0 Å². The van der Waals surface area contributed by atoms with Crippen molar-refractivity contribution in [2.45, 2.75) is 13.0 Å². The molecule has 1 aromatic heterocycles. The Labute approximate surface area is 78.9 Å². The SMILES string of the molecule is CNC(COC)c1cnn(C)c1C. The van der Waals surface area contributed by atoms with Crippen LogP contribution >= 0.6 is 0 Å². The van der Waals surface area contributed by atoms with Gasteiger partial charge in [0.2, 0.25) is 0 Å². The standard InChI is InChI=1S/C9H17N3O/c1-7-8(5-11-12(7)3)9(10-2)6-13-4/h5,9-10H,6H2,1-4H3. The third-order valence-electron chi connectivity index (χ3n) is 2.33. The van der Waals surface area contributed by atoms with E-state index in [4.69, 9.17) is 4.74 Å². The molecule has 13 heavy (non-hydrogen) atoms. The quantitative estimate of drug-likeness (QED) is 0.744. The highest BCUT2D eigenvalue weighted by Crippen LogP contribution is 2.16. The summed E-state index contributed by atoms with van der Waals surface area (Å²) in [4.78, 5) is 0. The van der Waals surface area contributed by atoms with E-state index in [1.54, 1.807) is 7.11 Å². The van der Waals surface area contributed by atoms with Crippen molar-refractivity contribution in [2.75, 3.05) is 20.8 Å². The molecule has 0 saturated heterocycles. The maximum atomic E-state index is 5.11. The molecule has 1 rings (SSSR count). The van der Waals surface area contributed by atoms with Gasteiger partial charge in [-0.25, -0.2) is 0 Å². The Morgan fingerprint density at radius 2 is 2.38 bits per heavy atom. The van der Waals surface area contributed by atoms with E-state index in [1.807, 2.05) is 25.0 Å². The molecule has 0 aliphatic heterocycles. The molecular formula is C9H17N3O. The van der Waals surface area contributed by atoms with Crippen LogP contribution in [0.2, 0.25) is 0 Å². The fraction of sp³-hybridized carbons (Fsp3) is 0.667. The molecule has 1 heterocycles. The lowest BCUT2D eigenvalue weighted by Gasteiger charge is -2.14. The Bertz CT molecular complexity index is 270. The molecule has 0 aliphatic carbocycles. The summed E-state index contributed by atoms with van der Waals surface area (Å²) in [5, 5.41) is 7.38. The summed E-state index contributed by atoms with van der Waals surface area (Å²) in [7, 11) is 5.57. The molecule has 0 fully saturated rings. The lowest BCUT2D eigenvalue weighted by Crippen LogP contribution is -2.21. The lowest BCUT2D eigenvalue weighted by molar-refractivity contribution is 0.170. The number of aromatic nitrogens is 2. The zero-order valence-corrected chi connectivity index (χ0v) is 8.66. The average Bonchev–Trinajstić information content (AvgIpc) is 2.45. The van der Waals surface area contributed by atoms with E-state index < -0.39 is 0 Å². The van der Waals surface area contributed by atoms with Gasteiger partial charge in [-0.1, -0.05) is 0 Å². The smallest absolute Gasteiger partial charge is 0.0658 e. The number of ether oxygens (including phenoxy) is 1. The second-order valence-electron chi connectivity index (χ2n) is 3.11. The topological polar surface area (TPSA) is 39.1 Å². The Balaban J connectivity index is 2.84. The van der Waals surface area contributed by atoms with E-state index in [0.717, 1.165) is 0 Å². The first kappa shape index (κ1) is 10.2. The van der Waals surface area contributed by atoms with E-state index in [1.165, 1.54) is 11.3 Å². The predicted molar refractivity (Wildman–Crippen MR) is 51.6 cm³/mol. The van der Waals surface area contributed by atoms with Gasteiger partial charge in [-0.3, -0.25) is 4.68 Å². The van der Waals surface area contributed by atoms with Gasteiger partial charge < -0.3 is 10.1 Å². The van der Waals surface area contributed by atoms with Crippen LogP contribution in [0.4, 0.5) is 0 Å². The van der Waals surface area contributed by atoms with Crippen LogP contribution in [0.3, 0.4) is 0 Å². The van der Waals surface area contributed by atoms with Gasteiger partial charge in [0.25, 0.3) is 0 Å². The van der Waals surface area contributed by atoms with E-state index in [9.17, 15) is 0 Å². The predicted octanol–water partition coefficient (Wildman–Crippen LogP) is 0.635. The molecule has 1 aromatic rings. The Morgan fingerprint density at radius 3 is 2.77 bits per heavy atom. The van der Waals surface area contributed by atoms with Gasteiger partial charge in [0, 0.05) is 25.4 Å². The number of rotatable bonds is 4. The highest BCUT2D eigenvalue weighted by Gasteiger charge is 2.13. The Kier molecular flexibility index (Phi) is 3.45. The van der Waals surface area contributed by atoms with E-state index >= 15 is 0 Å². The molecule has 0 saturated carbocycles.